The molecular formula is C18H9I6NO6. The zero-order chi connectivity index (χ0) is 23.9. The Morgan fingerprint density at radius 3 is 1.55 bits per heavy atom. The van der Waals surface area contributed by atoms with Gasteiger partial charge in [0.05, 0.1) is 20.4 Å². The van der Waals surface area contributed by atoms with Crippen molar-refractivity contribution in [3.8, 4) is 11.1 Å². The van der Waals surface area contributed by atoms with Crippen molar-refractivity contribution >= 4 is 165 Å². The van der Waals surface area contributed by atoms with Crippen LogP contribution in [0, 0.1) is 21.4 Å². The van der Waals surface area contributed by atoms with Crippen LogP contribution in [0.5, 0.6) is 0 Å². The van der Waals surface area contributed by atoms with Crippen LogP contribution in [0.15, 0.2) is 6.07 Å². The lowest BCUT2D eigenvalue weighted by atomic mass is 9.99. The lowest BCUT2D eigenvalue weighted by Gasteiger charge is -2.25. The number of amides is 2. The lowest BCUT2D eigenvalue weighted by molar-refractivity contribution is -0.124. The van der Waals surface area contributed by atoms with Crippen LogP contribution in [-0.4, -0.2) is 34.0 Å². The van der Waals surface area contributed by atoms with E-state index in [0.717, 1.165) is 4.90 Å². The predicted molar refractivity (Wildman–Crippen MR) is 166 cm³/mol. The van der Waals surface area contributed by atoms with Crippen LogP contribution in [0.4, 0.5) is 5.69 Å². The summed E-state index contributed by atoms with van der Waals surface area (Å²) in [7, 11) is 0. The number of nitrogens with zero attached hydrogens (tertiary/aromatic N) is 1. The minimum atomic E-state index is -1.21. The third kappa shape index (κ3) is 5.44. The van der Waals surface area contributed by atoms with E-state index in [1.807, 2.05) is 113 Å². The molecule has 0 saturated heterocycles. The quantitative estimate of drug-likeness (QED) is 0.350. The van der Waals surface area contributed by atoms with E-state index in [-0.39, 0.29) is 20.4 Å². The Morgan fingerprint density at radius 2 is 1.13 bits per heavy atom. The molecule has 2 aromatic carbocycles. The molecule has 2 aromatic rings. The van der Waals surface area contributed by atoms with Crippen molar-refractivity contribution < 1.29 is 29.4 Å². The topological polar surface area (TPSA) is 112 Å². The summed E-state index contributed by atoms with van der Waals surface area (Å²) in [4.78, 5) is 49.6. The minimum absolute atomic E-state index is 0.0545. The van der Waals surface area contributed by atoms with E-state index in [4.69, 9.17) is 0 Å². The van der Waals surface area contributed by atoms with E-state index >= 15 is 0 Å². The van der Waals surface area contributed by atoms with Crippen molar-refractivity contribution in [3.63, 3.8) is 0 Å². The lowest BCUT2D eigenvalue weighted by Crippen LogP contribution is -2.35. The monoisotopic (exact) mass is 1100 g/mol. The summed E-state index contributed by atoms with van der Waals surface area (Å²) >= 11 is 11.7. The molecule has 0 bridgehead atoms. The number of rotatable bonds is 4. The number of hydrogen-bond donors (Lipinski definition) is 2. The van der Waals surface area contributed by atoms with Crippen molar-refractivity contribution in [1.29, 1.82) is 0 Å². The van der Waals surface area contributed by atoms with Crippen LogP contribution < -0.4 is 4.90 Å². The highest BCUT2D eigenvalue weighted by atomic mass is 127. The average molecular weight is 1100 g/mol. The van der Waals surface area contributed by atoms with E-state index in [1.165, 1.54) is 13.8 Å². The molecule has 0 radical (unpaired) electrons. The molecule has 0 atom stereocenters. The van der Waals surface area contributed by atoms with Gasteiger partial charge >= 0.3 is 11.9 Å². The van der Waals surface area contributed by atoms with Crippen molar-refractivity contribution in [2.75, 3.05) is 4.90 Å². The molecule has 0 unspecified atom stereocenters. The first-order valence-corrected chi connectivity index (χ1v) is 14.4. The third-order valence-electron chi connectivity index (χ3n) is 3.99. The van der Waals surface area contributed by atoms with Crippen molar-refractivity contribution in [2.24, 2.45) is 0 Å². The van der Waals surface area contributed by atoms with Gasteiger partial charge in [-0.15, -0.1) is 0 Å². The number of hydrogen-bond acceptors (Lipinski definition) is 4. The zero-order valence-electron chi connectivity index (χ0n) is 15.3. The molecule has 13 heteroatoms. The number of carboxylic acids is 2. The summed E-state index contributed by atoms with van der Waals surface area (Å²) in [5.41, 5.74) is 1.24. The molecule has 0 saturated carbocycles. The number of carbonyl (C=O) groups is 4. The van der Waals surface area contributed by atoms with E-state index in [1.54, 1.807) is 6.07 Å². The van der Waals surface area contributed by atoms with Gasteiger partial charge in [-0.2, -0.15) is 0 Å². The Labute approximate surface area is 258 Å². The van der Waals surface area contributed by atoms with Gasteiger partial charge in [-0.3, -0.25) is 9.59 Å². The van der Waals surface area contributed by atoms with Gasteiger partial charge in [-0.25, -0.2) is 14.5 Å². The summed E-state index contributed by atoms with van der Waals surface area (Å²) in [6, 6.07) is 1.71. The van der Waals surface area contributed by atoms with Crippen LogP contribution >= 0.6 is 136 Å². The number of anilines is 1. The van der Waals surface area contributed by atoms with Crippen LogP contribution in [0.25, 0.3) is 11.1 Å². The number of benzene rings is 2. The maximum atomic E-state index is 12.3. The van der Waals surface area contributed by atoms with E-state index in [0.29, 0.717) is 29.0 Å². The Bertz CT molecular complexity index is 1170. The Hall–Kier alpha value is 0.900. The largest absolute Gasteiger partial charge is 0.478 e. The van der Waals surface area contributed by atoms with Gasteiger partial charge in [0.15, 0.2) is 0 Å². The molecule has 2 rings (SSSR count). The molecular weight excluding hydrogens is 1090 g/mol. The van der Waals surface area contributed by atoms with Gasteiger partial charge < -0.3 is 10.2 Å². The first kappa shape index (κ1) is 28.1. The maximum absolute atomic E-state index is 12.3. The first-order chi connectivity index (χ1) is 14.2. The summed E-state index contributed by atoms with van der Waals surface area (Å²) in [6.07, 6.45) is 0. The van der Waals surface area contributed by atoms with Crippen LogP contribution in [0.3, 0.4) is 0 Å². The van der Waals surface area contributed by atoms with Gasteiger partial charge in [-0.1, -0.05) is 0 Å². The van der Waals surface area contributed by atoms with E-state index in [9.17, 15) is 29.4 Å². The van der Waals surface area contributed by atoms with Crippen molar-refractivity contribution in [3.05, 3.63) is 38.6 Å². The number of aromatic carboxylic acids is 2. The molecule has 2 N–H and O–H groups in total. The molecule has 0 fully saturated rings. The van der Waals surface area contributed by atoms with Gasteiger partial charge in [0.25, 0.3) is 0 Å². The van der Waals surface area contributed by atoms with E-state index in [2.05, 4.69) is 22.6 Å². The standard InChI is InChI=1S/C18H9I6NO6/c1-4(26)25(5(2)27)16-14(23)10(13(22)11(15(16)24)18(30)31)8-6(19)3-7(20)9(12(8)21)17(28)29/h3H,1-2H3,(H,28,29)(H,30,31). The summed E-state index contributed by atoms with van der Waals surface area (Å²) in [6.45, 7) is 2.46. The van der Waals surface area contributed by atoms with Gasteiger partial charge in [0, 0.05) is 42.8 Å². The molecule has 7 nitrogen and oxygen atoms in total. The molecule has 0 aliphatic heterocycles. The Morgan fingerprint density at radius 1 is 0.677 bits per heavy atom. The van der Waals surface area contributed by atoms with Gasteiger partial charge in [0.1, 0.15) is 0 Å². The van der Waals surface area contributed by atoms with Crippen LogP contribution in [0.1, 0.15) is 34.6 Å². The van der Waals surface area contributed by atoms with Crippen LogP contribution in [-0.2, 0) is 9.59 Å². The number of halogens is 6. The minimum Gasteiger partial charge on any atom is -0.478 e. The highest BCUT2D eigenvalue weighted by Gasteiger charge is 2.33. The third-order valence-corrected chi connectivity index (χ3v) is 9.95. The molecule has 0 spiro atoms. The molecule has 0 heterocycles. The molecule has 164 valence electrons. The molecule has 2 amide bonds. The van der Waals surface area contributed by atoms with E-state index < -0.39 is 23.8 Å². The fourth-order valence-corrected chi connectivity index (χ4v) is 11.8. The summed E-state index contributed by atoms with van der Waals surface area (Å²) in [5.74, 6) is -3.42. The predicted octanol–water partition coefficient (Wildman–Crippen LogP) is 6.28. The highest BCUT2D eigenvalue weighted by Crippen LogP contribution is 2.46. The highest BCUT2D eigenvalue weighted by molar-refractivity contribution is 14.1. The number of carboxylic acid groups (broad SMARTS) is 2. The van der Waals surface area contributed by atoms with Crippen molar-refractivity contribution in [2.45, 2.75) is 13.8 Å². The number of imide groups is 1. The normalized spacial score (nSPS) is 10.7. The van der Waals surface area contributed by atoms with Gasteiger partial charge in [-0.05, 0) is 142 Å². The second-order valence-electron chi connectivity index (χ2n) is 5.93. The second kappa shape index (κ2) is 11.1. The average Bonchev–Trinajstić information content (AvgIpc) is 2.59. The summed E-state index contributed by atoms with van der Waals surface area (Å²) in [5, 5.41) is 19.6. The second-order valence-corrected chi connectivity index (χ2v) is 12.6. The molecule has 0 aromatic heterocycles. The van der Waals surface area contributed by atoms with Gasteiger partial charge in [0.2, 0.25) is 11.8 Å². The Balaban J connectivity index is 3.19. The Kier molecular flexibility index (Phi) is 10.1. The SMILES string of the molecule is CC(=O)N(C(C)=O)c1c(I)c(C(=O)O)c(I)c(-c2c(I)cc(I)c(C(=O)O)c2I)c1I. The molecule has 0 aliphatic carbocycles. The zero-order valence-corrected chi connectivity index (χ0v) is 28.3. The molecule has 31 heavy (non-hydrogen) atoms. The van der Waals surface area contributed by atoms with Crippen LogP contribution in [0.2, 0.25) is 0 Å². The number of carbonyl (C=O) groups excluding carboxylic acids is 2. The fraction of sp³-hybridized carbons (Fsp3) is 0.111. The fourth-order valence-electron chi connectivity index (χ4n) is 2.81. The first-order valence-electron chi connectivity index (χ1n) is 7.90. The molecule has 0 aliphatic rings. The maximum Gasteiger partial charge on any atom is 0.337 e. The smallest absolute Gasteiger partial charge is 0.337 e. The van der Waals surface area contributed by atoms with Crippen molar-refractivity contribution in [1.82, 2.24) is 0 Å². The summed E-state index contributed by atoms with van der Waals surface area (Å²) < 4.78 is 2.83.